The molecule has 0 aliphatic rings. The minimum atomic E-state index is -0.831. The zero-order chi connectivity index (χ0) is 48.6. The van der Waals surface area contributed by atoms with Crippen LogP contribution in [0.25, 0.3) is 0 Å². The topological polar surface area (TPSA) is 78.9 Å². The highest BCUT2D eigenvalue weighted by molar-refractivity contribution is 5.71. The Morgan fingerprint density at radius 1 is 0.328 bits per heavy atom. The predicted octanol–water partition coefficient (Wildman–Crippen LogP) is 17.6. The van der Waals surface area contributed by atoms with Gasteiger partial charge in [0.25, 0.3) is 0 Å². The van der Waals surface area contributed by atoms with Crippen molar-refractivity contribution in [1.29, 1.82) is 0 Å². The van der Waals surface area contributed by atoms with Crippen molar-refractivity contribution in [3.8, 4) is 0 Å². The van der Waals surface area contributed by atoms with E-state index < -0.39 is 6.10 Å². The van der Waals surface area contributed by atoms with Gasteiger partial charge in [0, 0.05) is 19.3 Å². The molecule has 0 aliphatic heterocycles. The van der Waals surface area contributed by atoms with E-state index in [4.69, 9.17) is 14.2 Å². The van der Waals surface area contributed by atoms with Gasteiger partial charge in [0.15, 0.2) is 6.10 Å². The van der Waals surface area contributed by atoms with E-state index in [2.05, 4.69) is 106 Å². The summed E-state index contributed by atoms with van der Waals surface area (Å²) in [5, 5.41) is 0. The Kier molecular flexibility index (Phi) is 50.1. The molecular formula is C61H94O6. The van der Waals surface area contributed by atoms with E-state index in [9.17, 15) is 14.4 Å². The van der Waals surface area contributed by atoms with Crippen LogP contribution in [0.4, 0.5) is 0 Å². The van der Waals surface area contributed by atoms with Crippen molar-refractivity contribution < 1.29 is 28.6 Å². The van der Waals surface area contributed by atoms with Crippen LogP contribution in [-0.2, 0) is 28.6 Å². The van der Waals surface area contributed by atoms with Gasteiger partial charge < -0.3 is 14.2 Å². The number of rotatable bonds is 45. The summed E-state index contributed by atoms with van der Waals surface area (Å²) in [6.07, 6.45) is 76.8. The first-order valence-electron chi connectivity index (χ1n) is 26.4. The van der Waals surface area contributed by atoms with Crippen molar-refractivity contribution in [2.45, 2.75) is 207 Å². The summed E-state index contributed by atoms with van der Waals surface area (Å²) in [6, 6.07) is 0. The smallest absolute Gasteiger partial charge is 0.306 e. The molecule has 0 heterocycles. The zero-order valence-corrected chi connectivity index (χ0v) is 42.6. The van der Waals surface area contributed by atoms with E-state index in [1.165, 1.54) is 44.9 Å². The Morgan fingerprint density at radius 2 is 0.657 bits per heavy atom. The van der Waals surface area contributed by atoms with Crippen molar-refractivity contribution in [2.75, 3.05) is 13.2 Å². The molecular weight excluding hydrogens is 829 g/mol. The van der Waals surface area contributed by atoms with E-state index in [1.807, 2.05) is 60.8 Å². The standard InChI is InChI=1S/C61H94O6/c1-4-7-10-13-16-19-22-25-28-31-34-36-39-42-45-48-51-54-60(63)66-57-58(67-61(64)55-52-49-46-43-40-37-33-30-27-24-21-18-15-12-9-6-3)56-65-59(62)53-50-47-44-41-38-35-32-29-26-23-20-17-14-11-8-5-2/h7,9-10,12-13,16,18-19,21-22,25,27-32,34-40,58H,4-6,8,11,14-15,17,20,23-24,26,33,41-57H2,1-3H3/b10-7-,12-9-,16-13-,21-18-,22-19-,28-25-,30-27-,32-29-,34-31+,38-35-,39-36-,40-37-. The maximum Gasteiger partial charge on any atom is 0.306 e. The lowest BCUT2D eigenvalue weighted by molar-refractivity contribution is -0.167. The van der Waals surface area contributed by atoms with Gasteiger partial charge in [0.1, 0.15) is 13.2 Å². The van der Waals surface area contributed by atoms with E-state index >= 15 is 0 Å². The summed E-state index contributed by atoms with van der Waals surface area (Å²) >= 11 is 0. The zero-order valence-electron chi connectivity index (χ0n) is 42.6. The molecule has 67 heavy (non-hydrogen) atoms. The van der Waals surface area contributed by atoms with Crippen molar-refractivity contribution >= 4 is 17.9 Å². The average molecular weight is 923 g/mol. The molecule has 0 N–H and O–H groups in total. The summed E-state index contributed by atoms with van der Waals surface area (Å²) in [5.74, 6) is -1.04. The summed E-state index contributed by atoms with van der Waals surface area (Å²) in [5.41, 5.74) is 0. The molecule has 374 valence electrons. The van der Waals surface area contributed by atoms with Gasteiger partial charge in [-0.3, -0.25) is 14.4 Å². The second kappa shape index (κ2) is 53.9. The molecule has 6 nitrogen and oxygen atoms in total. The summed E-state index contributed by atoms with van der Waals surface area (Å²) in [7, 11) is 0. The van der Waals surface area contributed by atoms with E-state index in [0.29, 0.717) is 19.3 Å². The minimum absolute atomic E-state index is 0.126. The lowest BCUT2D eigenvalue weighted by atomic mass is 10.1. The van der Waals surface area contributed by atoms with Gasteiger partial charge in [-0.1, -0.05) is 224 Å². The largest absolute Gasteiger partial charge is 0.462 e. The van der Waals surface area contributed by atoms with Crippen LogP contribution in [0.5, 0.6) is 0 Å². The molecule has 0 spiro atoms. The Morgan fingerprint density at radius 3 is 1.10 bits per heavy atom. The molecule has 0 saturated heterocycles. The molecule has 6 heteroatoms. The van der Waals surface area contributed by atoms with Crippen LogP contribution in [-0.4, -0.2) is 37.2 Å². The van der Waals surface area contributed by atoms with Gasteiger partial charge >= 0.3 is 17.9 Å². The molecule has 0 amide bonds. The van der Waals surface area contributed by atoms with Gasteiger partial charge in [0.05, 0.1) is 0 Å². The Hall–Kier alpha value is -4.71. The monoisotopic (exact) mass is 923 g/mol. The SMILES string of the molecule is CC\C=C/C=C\C=C/C=C\C=C\C=C/CCCCCC(=O)OCC(COC(=O)CCCCC/C=C\C=C/CCCCCCCCC)OC(=O)CCCCC/C=C\C/C=C\C/C=C\C/C=C\CC. The number of unbranched alkanes of at least 4 members (excludes halogenated alkanes) is 16. The van der Waals surface area contributed by atoms with Crippen LogP contribution < -0.4 is 0 Å². The Labute approximate surface area is 410 Å². The van der Waals surface area contributed by atoms with Crippen molar-refractivity contribution in [3.05, 3.63) is 146 Å². The molecule has 0 saturated carbocycles. The van der Waals surface area contributed by atoms with Crippen molar-refractivity contribution in [3.63, 3.8) is 0 Å². The van der Waals surface area contributed by atoms with Crippen molar-refractivity contribution in [1.82, 2.24) is 0 Å². The van der Waals surface area contributed by atoms with Gasteiger partial charge in [-0.05, 0) is 103 Å². The van der Waals surface area contributed by atoms with Crippen LogP contribution in [0.3, 0.4) is 0 Å². The minimum Gasteiger partial charge on any atom is -0.462 e. The second-order valence-electron chi connectivity index (χ2n) is 16.8. The molecule has 1 atom stereocenters. The molecule has 0 radical (unpaired) electrons. The molecule has 0 aromatic carbocycles. The number of allylic oxidation sites excluding steroid dienone is 24. The van der Waals surface area contributed by atoms with E-state index in [0.717, 1.165) is 103 Å². The normalized spacial score (nSPS) is 13.3. The average Bonchev–Trinajstić information content (AvgIpc) is 3.33. The fourth-order valence-corrected chi connectivity index (χ4v) is 6.57. The van der Waals surface area contributed by atoms with E-state index in [-0.39, 0.29) is 44.0 Å². The van der Waals surface area contributed by atoms with Crippen LogP contribution in [0.1, 0.15) is 201 Å². The lowest BCUT2D eigenvalue weighted by Crippen LogP contribution is -2.30. The number of ether oxygens (including phenoxy) is 3. The number of carbonyl (C=O) groups excluding carboxylic acids is 3. The highest BCUT2D eigenvalue weighted by Crippen LogP contribution is 2.12. The molecule has 0 aliphatic carbocycles. The maximum atomic E-state index is 12.8. The number of carbonyl (C=O) groups is 3. The summed E-state index contributed by atoms with van der Waals surface area (Å²) in [6.45, 7) is 6.26. The Bertz CT molecular complexity index is 1530. The number of hydrogen-bond acceptors (Lipinski definition) is 6. The first kappa shape index (κ1) is 62.3. The predicted molar refractivity (Wildman–Crippen MR) is 288 cm³/mol. The van der Waals surface area contributed by atoms with Crippen molar-refractivity contribution in [2.24, 2.45) is 0 Å². The fourth-order valence-electron chi connectivity index (χ4n) is 6.57. The third kappa shape index (κ3) is 52.1. The molecule has 0 aromatic heterocycles. The first-order valence-corrected chi connectivity index (χ1v) is 26.4. The third-order valence-corrected chi connectivity index (χ3v) is 10.5. The summed E-state index contributed by atoms with van der Waals surface area (Å²) < 4.78 is 16.7. The van der Waals surface area contributed by atoms with Crippen LogP contribution in [0, 0.1) is 0 Å². The molecule has 1 unspecified atom stereocenters. The lowest BCUT2D eigenvalue weighted by Gasteiger charge is -2.18. The molecule has 0 fully saturated rings. The van der Waals surface area contributed by atoms with Crippen LogP contribution >= 0.6 is 0 Å². The highest BCUT2D eigenvalue weighted by atomic mass is 16.6. The fraction of sp³-hybridized carbons (Fsp3) is 0.557. The van der Waals surface area contributed by atoms with Gasteiger partial charge in [-0.25, -0.2) is 0 Å². The van der Waals surface area contributed by atoms with Gasteiger partial charge in [0.2, 0.25) is 0 Å². The molecule has 0 rings (SSSR count). The third-order valence-electron chi connectivity index (χ3n) is 10.5. The quantitative estimate of drug-likeness (QED) is 0.0199. The maximum absolute atomic E-state index is 12.8. The highest BCUT2D eigenvalue weighted by Gasteiger charge is 2.19. The molecule has 0 bridgehead atoms. The Balaban J connectivity index is 4.62. The van der Waals surface area contributed by atoms with Crippen LogP contribution in [0.15, 0.2) is 146 Å². The summed E-state index contributed by atoms with van der Waals surface area (Å²) in [4.78, 5) is 38.0. The molecule has 0 aromatic rings. The second-order valence-corrected chi connectivity index (χ2v) is 16.8. The number of hydrogen-bond donors (Lipinski definition) is 0. The van der Waals surface area contributed by atoms with Gasteiger partial charge in [-0.2, -0.15) is 0 Å². The number of esters is 3. The van der Waals surface area contributed by atoms with Crippen LogP contribution in [0.2, 0.25) is 0 Å². The van der Waals surface area contributed by atoms with E-state index in [1.54, 1.807) is 0 Å². The first-order chi connectivity index (χ1) is 33.0. The van der Waals surface area contributed by atoms with Gasteiger partial charge in [-0.15, -0.1) is 0 Å².